The summed E-state index contributed by atoms with van der Waals surface area (Å²) in [7, 11) is 7.20. The number of aromatic nitrogens is 4. The van der Waals surface area contributed by atoms with Crippen molar-refractivity contribution >= 4 is 34.5 Å². The molecule has 43 heavy (non-hydrogen) atoms. The summed E-state index contributed by atoms with van der Waals surface area (Å²) in [5.41, 5.74) is 4.94. The van der Waals surface area contributed by atoms with Crippen LogP contribution in [0.4, 0.5) is 16.3 Å². The minimum Gasteiger partial charge on any atom is -0.443 e. The van der Waals surface area contributed by atoms with E-state index in [1.807, 2.05) is 64.2 Å². The summed E-state index contributed by atoms with van der Waals surface area (Å²) < 4.78 is 7.58. The van der Waals surface area contributed by atoms with E-state index in [2.05, 4.69) is 35.6 Å². The molecule has 1 fully saturated rings. The Balaban J connectivity index is 1.26. The molecule has 0 bridgehead atoms. The number of carbonyl (C=O) groups is 2. The number of amides is 2. The maximum Gasteiger partial charge on any atom is 0.415 e. The van der Waals surface area contributed by atoms with Gasteiger partial charge in [0.15, 0.2) is 5.82 Å². The van der Waals surface area contributed by atoms with Crippen LogP contribution in [0.15, 0.2) is 54.7 Å². The fraction of sp³-hybridized carbons (Fsp3) is 0.406. The number of anilines is 2. The molecule has 4 heterocycles. The number of ether oxygens (including phenoxy) is 1. The molecule has 1 aliphatic heterocycles. The van der Waals surface area contributed by atoms with Crippen LogP contribution in [0.2, 0.25) is 0 Å². The lowest BCUT2D eigenvalue weighted by molar-refractivity contribution is 0.0587. The zero-order valence-electron chi connectivity index (χ0n) is 26.0. The lowest BCUT2D eigenvalue weighted by atomic mass is 10.1. The van der Waals surface area contributed by atoms with E-state index in [0.29, 0.717) is 17.1 Å². The third-order valence-electron chi connectivity index (χ3n) is 7.61. The van der Waals surface area contributed by atoms with Crippen molar-refractivity contribution in [1.82, 2.24) is 29.5 Å². The maximum atomic E-state index is 12.4. The highest BCUT2D eigenvalue weighted by Crippen LogP contribution is 2.29. The zero-order chi connectivity index (χ0) is 30.9. The number of piperazine rings is 1. The van der Waals surface area contributed by atoms with Crippen molar-refractivity contribution in [3.05, 3.63) is 66.0 Å². The summed E-state index contributed by atoms with van der Waals surface area (Å²) in [4.78, 5) is 37.1. The molecule has 0 atom stereocenters. The quantitative estimate of drug-likeness (QED) is 0.328. The van der Waals surface area contributed by atoms with E-state index in [0.717, 1.165) is 55.0 Å². The lowest BCUT2D eigenvalue weighted by Crippen LogP contribution is -2.46. The number of aryl methyl sites for hydroxylation is 1. The topological polar surface area (TPSA) is 99.9 Å². The Morgan fingerprint density at radius 1 is 0.930 bits per heavy atom. The molecular weight excluding hydrogens is 544 g/mol. The van der Waals surface area contributed by atoms with Crippen molar-refractivity contribution in [2.24, 2.45) is 7.05 Å². The van der Waals surface area contributed by atoms with Crippen molar-refractivity contribution in [2.45, 2.75) is 32.9 Å². The molecule has 0 unspecified atom stereocenters. The molecule has 0 aliphatic carbocycles. The summed E-state index contributed by atoms with van der Waals surface area (Å²) in [6, 6.07) is 15.7. The molecule has 3 aromatic heterocycles. The molecule has 0 N–H and O–H groups in total. The van der Waals surface area contributed by atoms with Gasteiger partial charge < -0.3 is 19.1 Å². The number of fused-ring (bicyclic) bond motifs is 1. The smallest absolute Gasteiger partial charge is 0.415 e. The molecule has 226 valence electrons. The van der Waals surface area contributed by atoms with Gasteiger partial charge in [-0.1, -0.05) is 0 Å². The van der Waals surface area contributed by atoms with Crippen LogP contribution in [-0.4, -0.2) is 94.5 Å². The predicted octanol–water partition coefficient (Wildman–Crippen LogP) is 4.43. The molecule has 4 aromatic rings. The third-order valence-corrected chi connectivity index (χ3v) is 7.61. The molecule has 2 amide bonds. The van der Waals surface area contributed by atoms with Gasteiger partial charge in [0.2, 0.25) is 0 Å². The highest BCUT2D eigenvalue weighted by Gasteiger charge is 2.23. The highest BCUT2D eigenvalue weighted by molar-refractivity contribution is 5.94. The molecule has 1 aromatic carbocycles. The number of hydrogen-bond acceptors (Lipinski definition) is 8. The molecule has 11 heteroatoms. The molecule has 0 radical (unpaired) electrons. The number of rotatable bonds is 6. The van der Waals surface area contributed by atoms with Crippen LogP contribution in [-0.2, 0) is 18.3 Å². The van der Waals surface area contributed by atoms with Gasteiger partial charge in [-0.3, -0.25) is 14.6 Å². The summed E-state index contributed by atoms with van der Waals surface area (Å²) >= 11 is 0. The van der Waals surface area contributed by atoms with Gasteiger partial charge in [0.05, 0.1) is 5.69 Å². The number of pyridine rings is 1. The maximum absolute atomic E-state index is 12.4. The summed E-state index contributed by atoms with van der Waals surface area (Å²) in [6.07, 6.45) is 1.31. The van der Waals surface area contributed by atoms with Crippen molar-refractivity contribution in [3.63, 3.8) is 0 Å². The predicted molar refractivity (Wildman–Crippen MR) is 168 cm³/mol. The Bertz CT molecular complexity index is 1600. The summed E-state index contributed by atoms with van der Waals surface area (Å²) in [5, 5.41) is 9.75. The van der Waals surface area contributed by atoms with Gasteiger partial charge >= 0.3 is 6.09 Å². The van der Waals surface area contributed by atoms with Gasteiger partial charge in [-0.15, -0.1) is 10.2 Å². The van der Waals surface area contributed by atoms with Crippen LogP contribution in [0, 0.1) is 0 Å². The number of hydrogen-bond donors (Lipinski definition) is 0. The Morgan fingerprint density at radius 3 is 2.23 bits per heavy atom. The normalized spacial score (nSPS) is 14.2. The van der Waals surface area contributed by atoms with Gasteiger partial charge in [-0.05, 0) is 69.3 Å². The first kappa shape index (κ1) is 30.0. The molecule has 11 nitrogen and oxygen atoms in total. The van der Waals surface area contributed by atoms with E-state index in [1.165, 1.54) is 10.6 Å². The van der Waals surface area contributed by atoms with Gasteiger partial charge in [0.1, 0.15) is 11.2 Å². The van der Waals surface area contributed by atoms with Crippen LogP contribution in [0.1, 0.15) is 36.8 Å². The van der Waals surface area contributed by atoms with Crippen LogP contribution in [0.25, 0.3) is 22.3 Å². The zero-order valence-corrected chi connectivity index (χ0v) is 26.0. The summed E-state index contributed by atoms with van der Waals surface area (Å²) in [5.74, 6) is 0.424. The average molecular weight is 585 g/mol. The van der Waals surface area contributed by atoms with Gasteiger partial charge in [0, 0.05) is 95.0 Å². The van der Waals surface area contributed by atoms with E-state index in [9.17, 15) is 9.59 Å². The second-order valence-corrected chi connectivity index (χ2v) is 12.1. The molecule has 0 spiro atoms. The fourth-order valence-electron chi connectivity index (χ4n) is 5.18. The molecule has 0 saturated carbocycles. The molecule has 1 saturated heterocycles. The summed E-state index contributed by atoms with van der Waals surface area (Å²) in [6.45, 7) is 9.97. The second kappa shape index (κ2) is 12.0. The minimum absolute atomic E-state index is 0.0128. The Labute approximate surface area is 252 Å². The monoisotopic (exact) mass is 584 g/mol. The number of carbonyl (C=O) groups excluding carboxylic acids is 2. The SMILES string of the molecule is CN(C)C(=O)c1ccc(N2CCN(Cc3cc4c(-c5ccc(N(C)C(=O)OC(C)(C)C)nn5)ccnc4n3C)CC2)cc1. The standard InChI is InChI=1S/C32H40N8O3/c1-32(2,3)43-31(42)38(7)28-13-12-27(34-35-28)25-14-15-33-29-26(25)20-24(37(29)6)21-39-16-18-40(19-17-39)23-10-8-22(9-11-23)30(41)36(4)5/h8-15,20H,16-19,21H2,1-7H3. The van der Waals surface area contributed by atoms with E-state index >= 15 is 0 Å². The number of benzene rings is 1. The fourth-order valence-corrected chi connectivity index (χ4v) is 5.18. The third kappa shape index (κ3) is 6.61. The Morgan fingerprint density at radius 2 is 1.63 bits per heavy atom. The van der Waals surface area contributed by atoms with E-state index in [4.69, 9.17) is 4.74 Å². The van der Waals surface area contributed by atoms with Crippen LogP contribution < -0.4 is 9.80 Å². The second-order valence-electron chi connectivity index (χ2n) is 12.1. The first-order valence-electron chi connectivity index (χ1n) is 14.4. The lowest BCUT2D eigenvalue weighted by Gasteiger charge is -2.36. The van der Waals surface area contributed by atoms with Gasteiger partial charge in [-0.25, -0.2) is 9.78 Å². The van der Waals surface area contributed by atoms with Crippen molar-refractivity contribution in [2.75, 3.05) is 57.1 Å². The largest absolute Gasteiger partial charge is 0.443 e. The van der Waals surface area contributed by atoms with Gasteiger partial charge in [-0.2, -0.15) is 0 Å². The Kier molecular flexibility index (Phi) is 8.36. The first-order chi connectivity index (χ1) is 20.4. The van der Waals surface area contributed by atoms with E-state index in [-0.39, 0.29) is 5.91 Å². The highest BCUT2D eigenvalue weighted by atomic mass is 16.6. The molecule has 1 aliphatic rings. The van der Waals surface area contributed by atoms with Crippen molar-refractivity contribution < 1.29 is 14.3 Å². The average Bonchev–Trinajstić information content (AvgIpc) is 3.31. The van der Waals surface area contributed by atoms with E-state index < -0.39 is 11.7 Å². The Hall–Kier alpha value is -4.51. The minimum atomic E-state index is -0.596. The molecule has 5 rings (SSSR count). The molecular formula is C32H40N8O3. The van der Waals surface area contributed by atoms with E-state index in [1.54, 1.807) is 38.3 Å². The van der Waals surface area contributed by atoms with Crippen molar-refractivity contribution in [1.29, 1.82) is 0 Å². The van der Waals surface area contributed by atoms with Crippen LogP contribution in [0.3, 0.4) is 0 Å². The van der Waals surface area contributed by atoms with Crippen LogP contribution in [0.5, 0.6) is 0 Å². The van der Waals surface area contributed by atoms with Crippen LogP contribution >= 0.6 is 0 Å². The van der Waals surface area contributed by atoms with Crippen molar-refractivity contribution in [3.8, 4) is 11.3 Å². The number of nitrogens with zero attached hydrogens (tertiary/aromatic N) is 8. The van der Waals surface area contributed by atoms with Gasteiger partial charge in [0.25, 0.3) is 5.91 Å². The first-order valence-corrected chi connectivity index (χ1v) is 14.4.